The second-order valence-electron chi connectivity index (χ2n) is 5.46. The third kappa shape index (κ3) is 3.22. The quantitative estimate of drug-likeness (QED) is 0.757. The molecule has 0 saturated heterocycles. The van der Waals surface area contributed by atoms with Gasteiger partial charge in [-0.15, -0.1) is 0 Å². The van der Waals surface area contributed by atoms with Crippen LogP contribution in [0.3, 0.4) is 0 Å². The predicted molar refractivity (Wildman–Crippen MR) is 92.0 cm³/mol. The molecule has 3 rings (SSSR count). The number of fused-ring (bicyclic) bond motifs is 1. The molecule has 24 heavy (non-hydrogen) atoms. The van der Waals surface area contributed by atoms with Gasteiger partial charge < -0.3 is 10.1 Å². The van der Waals surface area contributed by atoms with Crippen LogP contribution in [-0.2, 0) is 13.1 Å². The van der Waals surface area contributed by atoms with Gasteiger partial charge in [0, 0.05) is 24.2 Å². The van der Waals surface area contributed by atoms with Crippen molar-refractivity contribution in [3.63, 3.8) is 0 Å². The van der Waals surface area contributed by atoms with E-state index in [1.807, 2.05) is 22.9 Å². The fourth-order valence-electron chi connectivity index (χ4n) is 2.61. The van der Waals surface area contributed by atoms with Crippen molar-refractivity contribution in [2.24, 2.45) is 0 Å². The summed E-state index contributed by atoms with van der Waals surface area (Å²) in [5, 5.41) is 8.61. The van der Waals surface area contributed by atoms with E-state index < -0.39 is 0 Å². The first kappa shape index (κ1) is 16.0. The van der Waals surface area contributed by atoms with E-state index in [1.54, 1.807) is 19.2 Å². The number of pyridine rings is 1. The summed E-state index contributed by atoms with van der Waals surface area (Å²) in [5.41, 5.74) is 2.46. The highest BCUT2D eigenvalue weighted by molar-refractivity contribution is 5.94. The Bertz CT molecular complexity index is 840. The lowest BCUT2D eigenvalue weighted by atomic mass is 10.2. The molecule has 0 atom stereocenters. The highest BCUT2D eigenvalue weighted by atomic mass is 16.5. The zero-order valence-corrected chi connectivity index (χ0v) is 13.8. The standard InChI is InChI=1S/C18H20N4O2/c1-3-10-22-16-7-5-4-6-14(16)15(21-22)12-20-18(23)13-8-9-17(24-2)19-11-13/h4-9,11H,3,10,12H2,1-2H3,(H,20,23). The number of para-hydroxylation sites is 1. The van der Waals surface area contributed by atoms with Crippen molar-refractivity contribution in [1.82, 2.24) is 20.1 Å². The van der Waals surface area contributed by atoms with Crippen molar-refractivity contribution in [3.8, 4) is 5.88 Å². The van der Waals surface area contributed by atoms with Gasteiger partial charge in [-0.1, -0.05) is 25.1 Å². The largest absolute Gasteiger partial charge is 0.481 e. The van der Waals surface area contributed by atoms with E-state index in [2.05, 4.69) is 28.4 Å². The Hall–Kier alpha value is -2.89. The average Bonchev–Trinajstić information content (AvgIpc) is 2.98. The summed E-state index contributed by atoms with van der Waals surface area (Å²) >= 11 is 0. The molecular formula is C18H20N4O2. The summed E-state index contributed by atoms with van der Waals surface area (Å²) in [6.07, 6.45) is 2.51. The number of carbonyl (C=O) groups excluding carboxylic acids is 1. The van der Waals surface area contributed by atoms with Gasteiger partial charge in [0.25, 0.3) is 5.91 Å². The molecule has 0 bridgehead atoms. The number of rotatable bonds is 6. The van der Waals surface area contributed by atoms with E-state index in [-0.39, 0.29) is 5.91 Å². The first-order chi connectivity index (χ1) is 11.7. The number of benzene rings is 1. The molecule has 0 aliphatic carbocycles. The molecule has 0 aliphatic rings. The van der Waals surface area contributed by atoms with E-state index in [0.29, 0.717) is 18.0 Å². The highest BCUT2D eigenvalue weighted by Gasteiger charge is 2.12. The maximum atomic E-state index is 12.3. The maximum Gasteiger partial charge on any atom is 0.253 e. The molecule has 0 aliphatic heterocycles. The second-order valence-corrected chi connectivity index (χ2v) is 5.46. The van der Waals surface area contributed by atoms with Crippen LogP contribution < -0.4 is 10.1 Å². The lowest BCUT2D eigenvalue weighted by Gasteiger charge is -2.04. The van der Waals surface area contributed by atoms with E-state index in [0.717, 1.165) is 29.6 Å². The van der Waals surface area contributed by atoms with Crippen LogP contribution >= 0.6 is 0 Å². The van der Waals surface area contributed by atoms with Gasteiger partial charge in [0.1, 0.15) is 0 Å². The summed E-state index contributed by atoms with van der Waals surface area (Å²) in [4.78, 5) is 16.3. The molecule has 6 nitrogen and oxygen atoms in total. The molecule has 6 heteroatoms. The Labute approximate surface area is 140 Å². The van der Waals surface area contributed by atoms with Gasteiger partial charge in [0.15, 0.2) is 0 Å². The molecule has 2 aromatic heterocycles. The molecule has 1 amide bonds. The Morgan fingerprint density at radius 2 is 2.08 bits per heavy atom. The molecule has 2 heterocycles. The van der Waals surface area contributed by atoms with Gasteiger partial charge in [-0.05, 0) is 18.6 Å². The zero-order valence-electron chi connectivity index (χ0n) is 13.8. The number of methoxy groups -OCH3 is 1. The first-order valence-corrected chi connectivity index (χ1v) is 7.95. The molecule has 0 saturated carbocycles. The number of hydrogen-bond donors (Lipinski definition) is 1. The van der Waals surface area contributed by atoms with Crippen LogP contribution in [0.2, 0.25) is 0 Å². The Morgan fingerprint density at radius 1 is 1.25 bits per heavy atom. The summed E-state index contributed by atoms with van der Waals surface area (Å²) in [7, 11) is 1.54. The first-order valence-electron chi connectivity index (χ1n) is 7.95. The van der Waals surface area contributed by atoms with Crippen molar-refractivity contribution in [2.45, 2.75) is 26.4 Å². The summed E-state index contributed by atoms with van der Waals surface area (Å²) in [5.74, 6) is 0.301. The van der Waals surface area contributed by atoms with Crippen LogP contribution in [-0.4, -0.2) is 27.8 Å². The van der Waals surface area contributed by atoms with Crippen molar-refractivity contribution in [1.29, 1.82) is 0 Å². The molecule has 0 radical (unpaired) electrons. The smallest absolute Gasteiger partial charge is 0.253 e. The second kappa shape index (κ2) is 7.12. The third-order valence-electron chi connectivity index (χ3n) is 3.79. The van der Waals surface area contributed by atoms with E-state index >= 15 is 0 Å². The number of amides is 1. The van der Waals surface area contributed by atoms with E-state index in [9.17, 15) is 4.79 Å². The summed E-state index contributed by atoms with van der Waals surface area (Å²) in [6.45, 7) is 3.35. The lowest BCUT2D eigenvalue weighted by molar-refractivity contribution is 0.0950. The maximum absolute atomic E-state index is 12.3. The third-order valence-corrected chi connectivity index (χ3v) is 3.79. The van der Waals surface area contributed by atoms with Crippen molar-refractivity contribution >= 4 is 16.8 Å². The summed E-state index contributed by atoms with van der Waals surface area (Å²) < 4.78 is 6.99. The summed E-state index contributed by atoms with van der Waals surface area (Å²) in [6, 6.07) is 11.4. The van der Waals surface area contributed by atoms with Crippen molar-refractivity contribution in [2.75, 3.05) is 7.11 Å². The molecular weight excluding hydrogens is 304 g/mol. The van der Waals surface area contributed by atoms with Crippen LogP contribution in [0.5, 0.6) is 5.88 Å². The van der Waals surface area contributed by atoms with Crippen LogP contribution in [0.4, 0.5) is 0 Å². The Balaban J connectivity index is 1.76. The van der Waals surface area contributed by atoms with Crippen LogP contribution in [0.15, 0.2) is 42.6 Å². The minimum Gasteiger partial charge on any atom is -0.481 e. The number of hydrogen-bond acceptors (Lipinski definition) is 4. The minimum absolute atomic E-state index is 0.181. The lowest BCUT2D eigenvalue weighted by Crippen LogP contribution is -2.23. The minimum atomic E-state index is -0.181. The average molecular weight is 324 g/mol. The van der Waals surface area contributed by atoms with Crippen molar-refractivity contribution < 1.29 is 9.53 Å². The number of ether oxygens (including phenoxy) is 1. The van der Waals surface area contributed by atoms with Gasteiger partial charge in [-0.3, -0.25) is 9.48 Å². The fraction of sp³-hybridized carbons (Fsp3) is 0.278. The molecule has 0 spiro atoms. The van der Waals surface area contributed by atoms with E-state index in [1.165, 1.54) is 6.20 Å². The number of aryl methyl sites for hydroxylation is 1. The predicted octanol–water partition coefficient (Wildman–Crippen LogP) is 2.78. The number of nitrogens with one attached hydrogen (secondary N) is 1. The van der Waals surface area contributed by atoms with Gasteiger partial charge in [-0.25, -0.2) is 4.98 Å². The molecule has 124 valence electrons. The number of carbonyl (C=O) groups is 1. The number of aromatic nitrogens is 3. The monoisotopic (exact) mass is 324 g/mol. The van der Waals surface area contributed by atoms with Gasteiger partial charge in [0.05, 0.1) is 30.4 Å². The van der Waals surface area contributed by atoms with Crippen LogP contribution in [0.25, 0.3) is 10.9 Å². The fourth-order valence-corrected chi connectivity index (χ4v) is 2.61. The molecule has 1 aromatic carbocycles. The van der Waals surface area contributed by atoms with Gasteiger partial charge in [0.2, 0.25) is 5.88 Å². The topological polar surface area (TPSA) is 69.0 Å². The Kier molecular flexibility index (Phi) is 4.74. The highest BCUT2D eigenvalue weighted by Crippen LogP contribution is 2.18. The van der Waals surface area contributed by atoms with E-state index in [4.69, 9.17) is 4.74 Å². The number of nitrogens with zero attached hydrogens (tertiary/aromatic N) is 3. The van der Waals surface area contributed by atoms with Gasteiger partial charge in [-0.2, -0.15) is 5.10 Å². The molecule has 0 unspecified atom stereocenters. The molecule has 1 N–H and O–H groups in total. The Morgan fingerprint density at radius 3 is 2.79 bits per heavy atom. The SMILES string of the molecule is CCCn1nc(CNC(=O)c2ccc(OC)nc2)c2ccccc21. The van der Waals surface area contributed by atoms with Crippen LogP contribution in [0, 0.1) is 0 Å². The van der Waals surface area contributed by atoms with Crippen LogP contribution in [0.1, 0.15) is 29.4 Å². The molecule has 0 fully saturated rings. The molecule has 3 aromatic rings. The zero-order chi connectivity index (χ0) is 16.9. The van der Waals surface area contributed by atoms with Gasteiger partial charge >= 0.3 is 0 Å². The normalized spacial score (nSPS) is 10.8. The van der Waals surface area contributed by atoms with Crippen molar-refractivity contribution in [3.05, 3.63) is 53.9 Å².